The number of rotatable bonds is 4. The monoisotopic (exact) mass is 282 g/mol. The summed E-state index contributed by atoms with van der Waals surface area (Å²) in [6.45, 7) is 0. The molecule has 1 rings (SSSR count). The van der Waals surface area contributed by atoms with E-state index in [4.69, 9.17) is 0 Å². The number of hydrazine groups is 2. The number of benzene rings is 1. The summed E-state index contributed by atoms with van der Waals surface area (Å²) in [6.07, 6.45) is 0. The Morgan fingerprint density at radius 1 is 0.950 bits per heavy atom. The largest absolute Gasteiger partial charge is 0.389 e. The van der Waals surface area contributed by atoms with Crippen molar-refractivity contribution in [2.45, 2.75) is 0 Å². The van der Waals surface area contributed by atoms with E-state index >= 15 is 0 Å². The first-order chi connectivity index (χ1) is 9.27. The van der Waals surface area contributed by atoms with Gasteiger partial charge in [0.1, 0.15) is 0 Å². The Balaban J connectivity index is 3.33. The Morgan fingerprint density at radius 2 is 1.35 bits per heavy atom. The second kappa shape index (κ2) is 5.73. The minimum absolute atomic E-state index is 0.156. The minimum atomic E-state index is -1.49. The summed E-state index contributed by atoms with van der Waals surface area (Å²) in [5.74, 6) is -2.09. The molecule has 0 spiro atoms. The second-order valence-corrected chi connectivity index (χ2v) is 3.82. The van der Waals surface area contributed by atoms with Crippen molar-refractivity contribution in [1.82, 2.24) is 10.0 Å². The van der Waals surface area contributed by atoms with Crippen LogP contribution in [0.15, 0.2) is 24.3 Å². The van der Waals surface area contributed by atoms with Gasteiger partial charge in [-0.15, -0.1) is 0 Å². The third kappa shape index (κ3) is 2.85. The minimum Gasteiger partial charge on any atom is -0.345 e. The maximum absolute atomic E-state index is 11.8. The van der Waals surface area contributed by atoms with Gasteiger partial charge in [-0.3, -0.25) is 9.59 Å². The highest BCUT2D eigenvalue weighted by Gasteiger charge is 2.40. The molecule has 0 unspecified atom stereocenters. The van der Waals surface area contributed by atoms with Crippen molar-refractivity contribution in [2.75, 3.05) is 14.1 Å². The van der Waals surface area contributed by atoms with Gasteiger partial charge in [0.15, 0.2) is 0 Å². The third-order valence-electron chi connectivity index (χ3n) is 2.29. The lowest BCUT2D eigenvalue weighted by molar-refractivity contribution is -0.882. The fourth-order valence-electron chi connectivity index (χ4n) is 1.41. The van der Waals surface area contributed by atoms with Crippen LogP contribution in [0.1, 0.15) is 20.7 Å². The van der Waals surface area contributed by atoms with Crippen molar-refractivity contribution in [1.29, 1.82) is 0 Å². The van der Waals surface area contributed by atoms with Crippen molar-refractivity contribution in [3.8, 4) is 0 Å². The van der Waals surface area contributed by atoms with Crippen LogP contribution in [-0.2, 0) is 0 Å². The Hall–Kier alpha value is -3.04. The van der Waals surface area contributed by atoms with Crippen molar-refractivity contribution in [2.24, 2.45) is 0 Å². The number of carbonyl (C=O) groups is 2. The Labute approximate surface area is 112 Å². The Kier molecular flexibility index (Phi) is 4.31. The third-order valence-corrected chi connectivity index (χ3v) is 2.29. The molecule has 20 heavy (non-hydrogen) atoms. The number of amides is 2. The SMILES string of the molecule is CN(C)C(=O)c1ccccc1C(=O)N([N+](=O)[O-])[N+](=O)[O-]. The summed E-state index contributed by atoms with van der Waals surface area (Å²) in [7, 11) is 2.84. The molecule has 0 radical (unpaired) electrons. The number of carbonyl (C=O) groups excluding carboxylic acids is 2. The molecular weight excluding hydrogens is 272 g/mol. The molecule has 2 amide bonds. The van der Waals surface area contributed by atoms with E-state index in [0.29, 0.717) is 0 Å². The van der Waals surface area contributed by atoms with Crippen molar-refractivity contribution in [3.63, 3.8) is 0 Å². The van der Waals surface area contributed by atoms with E-state index in [1.54, 1.807) is 0 Å². The molecule has 0 atom stereocenters. The summed E-state index contributed by atoms with van der Waals surface area (Å²) >= 11 is 0. The van der Waals surface area contributed by atoms with E-state index < -0.39 is 32.6 Å². The first-order valence-electron chi connectivity index (χ1n) is 5.21. The molecule has 0 fully saturated rings. The fraction of sp³-hybridized carbons (Fsp3) is 0.200. The van der Waals surface area contributed by atoms with Crippen LogP contribution < -0.4 is 0 Å². The van der Waals surface area contributed by atoms with Crippen LogP contribution >= 0.6 is 0 Å². The van der Waals surface area contributed by atoms with Gasteiger partial charge in [0.05, 0.1) is 11.1 Å². The lowest BCUT2D eigenvalue weighted by atomic mass is 10.1. The second-order valence-electron chi connectivity index (χ2n) is 3.82. The number of hydrogen-bond donors (Lipinski definition) is 0. The predicted molar refractivity (Wildman–Crippen MR) is 64.6 cm³/mol. The lowest BCUT2D eigenvalue weighted by Gasteiger charge is -2.12. The molecule has 0 aromatic heterocycles. The normalized spacial score (nSPS) is 9.70. The molecule has 0 aliphatic carbocycles. The van der Waals surface area contributed by atoms with E-state index in [-0.39, 0.29) is 5.56 Å². The first kappa shape index (κ1) is 15.0. The Morgan fingerprint density at radius 3 is 1.70 bits per heavy atom. The average molecular weight is 282 g/mol. The molecule has 0 N–H and O–H groups in total. The van der Waals surface area contributed by atoms with Gasteiger partial charge in [-0.05, 0) is 12.1 Å². The smallest absolute Gasteiger partial charge is 0.345 e. The van der Waals surface area contributed by atoms with E-state index in [1.165, 1.54) is 32.3 Å². The van der Waals surface area contributed by atoms with Crippen molar-refractivity contribution in [3.05, 3.63) is 55.6 Å². The molecule has 1 aromatic carbocycles. The van der Waals surface area contributed by atoms with Crippen LogP contribution in [0.5, 0.6) is 0 Å². The highest BCUT2D eigenvalue weighted by molar-refractivity contribution is 6.06. The summed E-state index contributed by atoms with van der Waals surface area (Å²) in [6, 6.07) is 5.15. The summed E-state index contributed by atoms with van der Waals surface area (Å²) in [5.41, 5.74) is -0.573. The molecule has 0 heterocycles. The molecule has 0 aliphatic heterocycles. The van der Waals surface area contributed by atoms with Crippen LogP contribution in [0.2, 0.25) is 0 Å². The van der Waals surface area contributed by atoms with Gasteiger partial charge in [0, 0.05) is 14.1 Å². The standard InChI is InChI=1S/C10H10N4O6/c1-11(2)9(15)7-5-3-4-6-8(7)10(16)12(13(17)18)14(19)20/h3-6H,1-2H3. The van der Waals surface area contributed by atoms with E-state index in [1.807, 2.05) is 0 Å². The van der Waals surface area contributed by atoms with E-state index in [9.17, 15) is 29.8 Å². The van der Waals surface area contributed by atoms with Gasteiger partial charge >= 0.3 is 5.91 Å². The van der Waals surface area contributed by atoms with Crippen molar-refractivity contribution < 1.29 is 19.7 Å². The fourth-order valence-corrected chi connectivity index (χ4v) is 1.41. The highest BCUT2D eigenvalue weighted by atomic mass is 16.8. The number of nitro groups is 2. The van der Waals surface area contributed by atoms with Crippen LogP contribution in [0.3, 0.4) is 0 Å². The first-order valence-corrected chi connectivity index (χ1v) is 5.21. The molecule has 0 saturated carbocycles. The van der Waals surface area contributed by atoms with Gasteiger partial charge in [-0.1, -0.05) is 12.1 Å². The van der Waals surface area contributed by atoms with Gasteiger partial charge in [0.2, 0.25) is 15.2 Å². The molecule has 0 aliphatic rings. The quantitative estimate of drug-likeness (QED) is 0.573. The van der Waals surface area contributed by atoms with Gasteiger partial charge in [0.25, 0.3) is 5.91 Å². The Bertz CT molecular complexity index is 571. The number of hydrogen-bond acceptors (Lipinski definition) is 6. The van der Waals surface area contributed by atoms with Gasteiger partial charge < -0.3 is 4.90 Å². The maximum Gasteiger partial charge on any atom is 0.389 e. The predicted octanol–water partition coefficient (Wildman–Crippen LogP) is 0.214. The lowest BCUT2D eigenvalue weighted by Crippen LogP contribution is -2.41. The van der Waals surface area contributed by atoms with Crippen LogP contribution in [0.4, 0.5) is 0 Å². The van der Waals surface area contributed by atoms with Gasteiger partial charge in [-0.25, -0.2) is 20.2 Å². The summed E-state index contributed by atoms with van der Waals surface area (Å²) in [5, 5.41) is 17.4. The maximum atomic E-state index is 11.8. The van der Waals surface area contributed by atoms with E-state index in [2.05, 4.69) is 0 Å². The molecule has 0 saturated heterocycles. The average Bonchev–Trinajstić information content (AvgIpc) is 2.36. The summed E-state index contributed by atoms with van der Waals surface area (Å²) in [4.78, 5) is 45.9. The topological polar surface area (TPSA) is 127 Å². The zero-order valence-corrected chi connectivity index (χ0v) is 10.5. The van der Waals surface area contributed by atoms with Gasteiger partial charge in [-0.2, -0.15) is 0 Å². The highest BCUT2D eigenvalue weighted by Crippen LogP contribution is 2.13. The van der Waals surface area contributed by atoms with E-state index in [0.717, 1.165) is 11.0 Å². The molecule has 10 nitrogen and oxygen atoms in total. The zero-order chi connectivity index (χ0) is 15.4. The molecule has 106 valence electrons. The molecular formula is C10H10N4O6. The zero-order valence-electron chi connectivity index (χ0n) is 10.5. The molecule has 10 heteroatoms. The summed E-state index contributed by atoms with van der Waals surface area (Å²) < 4.78 is 0. The van der Waals surface area contributed by atoms with Crippen LogP contribution in [-0.4, -0.2) is 46.0 Å². The molecule has 1 aromatic rings. The number of nitrogens with zero attached hydrogens (tertiary/aromatic N) is 4. The van der Waals surface area contributed by atoms with Crippen molar-refractivity contribution >= 4 is 11.8 Å². The van der Waals surface area contributed by atoms with Crippen LogP contribution in [0, 0.1) is 20.2 Å². The van der Waals surface area contributed by atoms with Crippen LogP contribution in [0.25, 0.3) is 0 Å². The molecule has 0 bridgehead atoms.